The molecule has 1 saturated heterocycles. The third kappa shape index (κ3) is 4.50. The second-order valence-corrected chi connectivity index (χ2v) is 6.10. The molecular weight excluding hydrogens is 337 g/mol. The first kappa shape index (κ1) is 17.7. The smallest absolute Gasteiger partial charge is 0.410 e. The van der Waals surface area contributed by atoms with Crippen LogP contribution in [-0.2, 0) is 16.1 Å². The van der Waals surface area contributed by atoms with E-state index in [-0.39, 0.29) is 12.0 Å². The number of amides is 2. The summed E-state index contributed by atoms with van der Waals surface area (Å²) in [6.07, 6.45) is -0.314. The van der Waals surface area contributed by atoms with E-state index in [0.29, 0.717) is 25.4 Å². The van der Waals surface area contributed by atoms with Gasteiger partial charge in [0.1, 0.15) is 18.5 Å². The number of halogens is 1. The number of nitrogens with zero attached hydrogens (tertiary/aromatic N) is 1. The van der Waals surface area contributed by atoms with E-state index in [1.54, 1.807) is 17.9 Å². The Hall–Kier alpha value is -3.09. The van der Waals surface area contributed by atoms with E-state index < -0.39 is 11.9 Å². The van der Waals surface area contributed by atoms with Crippen molar-refractivity contribution in [3.63, 3.8) is 0 Å². The van der Waals surface area contributed by atoms with E-state index in [2.05, 4.69) is 10.6 Å². The Morgan fingerprint density at radius 2 is 2.00 bits per heavy atom. The normalized spacial score (nSPS) is 14.7. The van der Waals surface area contributed by atoms with Gasteiger partial charge in [0.05, 0.1) is 6.54 Å². The van der Waals surface area contributed by atoms with Crippen molar-refractivity contribution in [2.75, 3.05) is 23.8 Å². The first-order valence-corrected chi connectivity index (χ1v) is 8.35. The minimum atomic E-state index is -0.523. The fourth-order valence-electron chi connectivity index (χ4n) is 2.68. The third-order valence-corrected chi connectivity index (χ3v) is 4.01. The molecule has 1 aliphatic heterocycles. The lowest BCUT2D eigenvalue weighted by atomic mass is 10.1. The number of benzene rings is 2. The van der Waals surface area contributed by atoms with Crippen LogP contribution >= 0.6 is 0 Å². The predicted octanol–water partition coefficient (Wildman–Crippen LogP) is 3.22. The van der Waals surface area contributed by atoms with Gasteiger partial charge < -0.3 is 20.3 Å². The molecule has 2 N–H and O–H groups in total. The largest absolute Gasteiger partial charge is 0.448 e. The summed E-state index contributed by atoms with van der Waals surface area (Å²) in [5.74, 6) is -0.680. The van der Waals surface area contributed by atoms with E-state index in [4.69, 9.17) is 4.74 Å². The van der Waals surface area contributed by atoms with Gasteiger partial charge in [0, 0.05) is 17.9 Å². The highest BCUT2D eigenvalue weighted by Gasteiger charge is 2.22. The third-order valence-electron chi connectivity index (χ3n) is 4.01. The lowest BCUT2D eigenvalue weighted by Gasteiger charge is -2.17. The van der Waals surface area contributed by atoms with Crippen molar-refractivity contribution >= 4 is 23.4 Å². The van der Waals surface area contributed by atoms with Gasteiger partial charge in [-0.15, -0.1) is 0 Å². The molecule has 2 amide bonds. The van der Waals surface area contributed by atoms with Gasteiger partial charge in [0.25, 0.3) is 0 Å². The van der Waals surface area contributed by atoms with Gasteiger partial charge >= 0.3 is 6.09 Å². The van der Waals surface area contributed by atoms with E-state index >= 15 is 0 Å². The van der Waals surface area contributed by atoms with Crippen LogP contribution in [0.3, 0.4) is 0 Å². The summed E-state index contributed by atoms with van der Waals surface area (Å²) < 4.78 is 18.1. The first-order chi connectivity index (χ1) is 12.5. The Balaban J connectivity index is 1.59. The quantitative estimate of drug-likeness (QED) is 0.833. The molecule has 1 heterocycles. The minimum Gasteiger partial charge on any atom is -0.448 e. The second kappa shape index (κ2) is 7.86. The standard InChI is InChI=1S/C19H20FN3O3/c1-13(18(24)22-17-7-3-5-15(20)11-17)21-16-6-2-4-14(10-16)12-23-8-9-26-19(23)25/h2-7,10-11,13,21H,8-9,12H2,1H3,(H,22,24)/t13-/m1/s1. The molecule has 1 atom stereocenters. The number of carbonyl (C=O) groups is 2. The average Bonchev–Trinajstić information content (AvgIpc) is 3.00. The average molecular weight is 357 g/mol. The maximum Gasteiger partial charge on any atom is 0.410 e. The molecule has 0 spiro atoms. The highest BCUT2D eigenvalue weighted by atomic mass is 19.1. The zero-order valence-electron chi connectivity index (χ0n) is 14.4. The summed E-state index contributed by atoms with van der Waals surface area (Å²) >= 11 is 0. The van der Waals surface area contributed by atoms with Crippen molar-refractivity contribution in [3.8, 4) is 0 Å². The van der Waals surface area contributed by atoms with Crippen LogP contribution in [0.2, 0.25) is 0 Å². The SMILES string of the molecule is C[C@@H](Nc1cccc(CN2CCOC2=O)c1)C(=O)Nc1cccc(F)c1. The number of anilines is 2. The minimum absolute atomic E-state index is 0.274. The van der Waals surface area contributed by atoms with Gasteiger partial charge in [0.2, 0.25) is 5.91 Å². The lowest BCUT2D eigenvalue weighted by Crippen LogP contribution is -2.32. The molecule has 7 heteroatoms. The van der Waals surface area contributed by atoms with Gasteiger partial charge in [-0.05, 0) is 42.8 Å². The zero-order chi connectivity index (χ0) is 18.5. The Morgan fingerprint density at radius 1 is 1.23 bits per heavy atom. The molecule has 26 heavy (non-hydrogen) atoms. The van der Waals surface area contributed by atoms with E-state index in [1.165, 1.54) is 18.2 Å². The molecule has 0 unspecified atom stereocenters. The Bertz CT molecular complexity index is 812. The van der Waals surface area contributed by atoms with Crippen molar-refractivity contribution in [1.29, 1.82) is 0 Å². The molecule has 3 rings (SSSR count). The van der Waals surface area contributed by atoms with Crippen molar-refractivity contribution in [2.45, 2.75) is 19.5 Å². The summed E-state index contributed by atoms with van der Waals surface area (Å²) in [5.41, 5.74) is 2.11. The van der Waals surface area contributed by atoms with Crippen LogP contribution in [0.25, 0.3) is 0 Å². The van der Waals surface area contributed by atoms with Crippen molar-refractivity contribution in [1.82, 2.24) is 4.90 Å². The summed E-state index contributed by atoms with van der Waals surface area (Å²) in [6.45, 7) is 3.16. The number of rotatable bonds is 6. The van der Waals surface area contributed by atoms with Crippen LogP contribution < -0.4 is 10.6 Å². The van der Waals surface area contributed by atoms with Crippen molar-refractivity contribution in [2.24, 2.45) is 0 Å². The van der Waals surface area contributed by atoms with Crippen LogP contribution in [0.15, 0.2) is 48.5 Å². The molecule has 2 aromatic carbocycles. The van der Waals surface area contributed by atoms with Crippen molar-refractivity contribution < 1.29 is 18.7 Å². The number of nitrogens with one attached hydrogen (secondary N) is 2. The van der Waals surface area contributed by atoms with Gasteiger partial charge in [-0.25, -0.2) is 9.18 Å². The number of hydrogen-bond acceptors (Lipinski definition) is 4. The fraction of sp³-hybridized carbons (Fsp3) is 0.263. The van der Waals surface area contributed by atoms with Crippen LogP contribution in [-0.4, -0.2) is 36.1 Å². The Labute approximate surface area is 150 Å². The molecule has 1 aliphatic rings. The zero-order valence-corrected chi connectivity index (χ0v) is 14.4. The maximum atomic E-state index is 13.2. The summed E-state index contributed by atoms with van der Waals surface area (Å²) in [6, 6.07) is 12.7. The summed E-state index contributed by atoms with van der Waals surface area (Å²) in [7, 11) is 0. The van der Waals surface area contributed by atoms with Crippen LogP contribution in [0.1, 0.15) is 12.5 Å². The molecule has 0 bridgehead atoms. The molecule has 1 fully saturated rings. The van der Waals surface area contributed by atoms with Gasteiger partial charge in [0.15, 0.2) is 0 Å². The van der Waals surface area contributed by atoms with Crippen LogP contribution in [0, 0.1) is 5.82 Å². The first-order valence-electron chi connectivity index (χ1n) is 8.35. The van der Waals surface area contributed by atoms with Gasteiger partial charge in [-0.1, -0.05) is 18.2 Å². The van der Waals surface area contributed by atoms with Gasteiger partial charge in [-0.2, -0.15) is 0 Å². The van der Waals surface area contributed by atoms with E-state index in [9.17, 15) is 14.0 Å². The highest BCUT2D eigenvalue weighted by Crippen LogP contribution is 2.16. The molecule has 0 aromatic heterocycles. The lowest BCUT2D eigenvalue weighted by molar-refractivity contribution is -0.116. The monoisotopic (exact) mass is 357 g/mol. The molecule has 0 aliphatic carbocycles. The number of carbonyl (C=O) groups excluding carboxylic acids is 2. The number of hydrogen-bond donors (Lipinski definition) is 2. The van der Waals surface area contributed by atoms with Crippen LogP contribution in [0.5, 0.6) is 0 Å². The summed E-state index contributed by atoms with van der Waals surface area (Å²) in [5, 5.41) is 5.78. The molecule has 0 radical (unpaired) electrons. The molecule has 0 saturated carbocycles. The Kier molecular flexibility index (Phi) is 5.36. The predicted molar refractivity (Wildman–Crippen MR) is 96.3 cm³/mol. The topological polar surface area (TPSA) is 70.7 Å². The number of cyclic esters (lactones) is 1. The maximum absolute atomic E-state index is 13.2. The summed E-state index contributed by atoms with van der Waals surface area (Å²) in [4.78, 5) is 25.4. The van der Waals surface area contributed by atoms with Crippen molar-refractivity contribution in [3.05, 3.63) is 59.9 Å². The fourth-order valence-corrected chi connectivity index (χ4v) is 2.68. The Morgan fingerprint density at radius 3 is 2.73 bits per heavy atom. The molecule has 6 nitrogen and oxygen atoms in total. The number of ether oxygens (including phenoxy) is 1. The highest BCUT2D eigenvalue weighted by molar-refractivity contribution is 5.96. The second-order valence-electron chi connectivity index (χ2n) is 6.10. The van der Waals surface area contributed by atoms with Gasteiger partial charge in [-0.3, -0.25) is 4.79 Å². The molecule has 136 valence electrons. The molecule has 2 aromatic rings. The molecular formula is C19H20FN3O3. The van der Waals surface area contributed by atoms with E-state index in [0.717, 1.165) is 11.3 Å². The van der Waals surface area contributed by atoms with Crippen LogP contribution in [0.4, 0.5) is 20.6 Å². The van der Waals surface area contributed by atoms with E-state index in [1.807, 2.05) is 24.3 Å².